The Morgan fingerprint density at radius 2 is 1.58 bits per heavy atom. The van der Waals surface area contributed by atoms with Gasteiger partial charge in [-0.05, 0) is 40.8 Å². The number of carbonyl (C=O) groups excluding carboxylic acids is 2. The minimum absolute atomic E-state index is 0.0841. The molecule has 0 bridgehead atoms. The average Bonchev–Trinajstić information content (AvgIpc) is 2.77. The van der Waals surface area contributed by atoms with Crippen LogP contribution in [0, 0.1) is 5.92 Å². The third-order valence-corrected chi connectivity index (χ3v) is 6.49. The van der Waals surface area contributed by atoms with Crippen molar-refractivity contribution < 1.29 is 18.0 Å². The van der Waals surface area contributed by atoms with Crippen LogP contribution in [0.15, 0.2) is 77.7 Å². The first-order valence-electron chi connectivity index (χ1n) is 10.1. The van der Waals surface area contributed by atoms with Crippen molar-refractivity contribution in [2.24, 2.45) is 5.92 Å². The standard InChI is InChI=1S/C24H26N2O4S/c1-17(2)23(24(28)25-21(16-27)14-18-8-4-3-5-9-18)26-31(29,30)22-13-12-19-10-6-7-11-20(19)15-22/h3-13,15-17,21,23,26H,14H2,1-2H3,(H,25,28)/t21-,23+/m1/s1. The van der Waals surface area contributed by atoms with Gasteiger partial charge in [-0.1, -0.05) is 74.5 Å². The van der Waals surface area contributed by atoms with E-state index in [4.69, 9.17) is 0 Å². The second-order valence-corrected chi connectivity index (χ2v) is 9.51. The van der Waals surface area contributed by atoms with E-state index in [-0.39, 0.29) is 10.8 Å². The quantitative estimate of drug-likeness (QED) is 0.502. The van der Waals surface area contributed by atoms with Crippen molar-refractivity contribution in [3.8, 4) is 0 Å². The summed E-state index contributed by atoms with van der Waals surface area (Å²) in [4.78, 5) is 24.5. The molecule has 1 amide bonds. The van der Waals surface area contributed by atoms with E-state index in [9.17, 15) is 18.0 Å². The van der Waals surface area contributed by atoms with Gasteiger partial charge in [0, 0.05) is 0 Å². The van der Waals surface area contributed by atoms with Gasteiger partial charge in [-0.3, -0.25) is 4.79 Å². The highest BCUT2D eigenvalue weighted by Crippen LogP contribution is 2.20. The smallest absolute Gasteiger partial charge is 0.241 e. The van der Waals surface area contributed by atoms with E-state index < -0.39 is 28.0 Å². The number of sulfonamides is 1. The summed E-state index contributed by atoms with van der Waals surface area (Å²) in [6.45, 7) is 3.50. The third-order valence-electron chi connectivity index (χ3n) is 5.05. The number of amides is 1. The summed E-state index contributed by atoms with van der Waals surface area (Å²) in [7, 11) is -3.94. The lowest BCUT2D eigenvalue weighted by Gasteiger charge is -2.23. The molecule has 0 heterocycles. The molecule has 0 saturated heterocycles. The molecule has 0 aromatic heterocycles. The van der Waals surface area contributed by atoms with E-state index in [0.29, 0.717) is 12.7 Å². The zero-order valence-corrected chi connectivity index (χ0v) is 18.3. The van der Waals surface area contributed by atoms with Crippen LogP contribution in [0.25, 0.3) is 10.8 Å². The molecule has 3 aromatic carbocycles. The van der Waals surface area contributed by atoms with Gasteiger partial charge >= 0.3 is 0 Å². The van der Waals surface area contributed by atoms with Crippen molar-refractivity contribution in [1.29, 1.82) is 0 Å². The molecule has 2 atom stereocenters. The lowest BCUT2D eigenvalue weighted by molar-refractivity contribution is -0.126. The molecular weight excluding hydrogens is 412 g/mol. The monoisotopic (exact) mass is 438 g/mol. The highest BCUT2D eigenvalue weighted by Gasteiger charge is 2.29. The second-order valence-electron chi connectivity index (χ2n) is 7.79. The normalized spacial score (nSPS) is 13.6. The third kappa shape index (κ3) is 5.77. The van der Waals surface area contributed by atoms with E-state index in [1.807, 2.05) is 54.6 Å². The summed E-state index contributed by atoms with van der Waals surface area (Å²) in [5.41, 5.74) is 0.901. The Balaban J connectivity index is 1.76. The van der Waals surface area contributed by atoms with Crippen molar-refractivity contribution in [3.05, 3.63) is 78.4 Å². The van der Waals surface area contributed by atoms with Crippen molar-refractivity contribution >= 4 is 33.0 Å². The Morgan fingerprint density at radius 3 is 2.23 bits per heavy atom. The van der Waals surface area contributed by atoms with E-state index in [2.05, 4.69) is 10.0 Å². The number of fused-ring (bicyclic) bond motifs is 1. The lowest BCUT2D eigenvalue weighted by Crippen LogP contribution is -2.52. The SMILES string of the molecule is CC(C)[C@H](NS(=O)(=O)c1ccc2ccccc2c1)C(=O)N[C@@H](C=O)Cc1ccccc1. The molecule has 0 aliphatic carbocycles. The van der Waals surface area contributed by atoms with Gasteiger partial charge in [0.25, 0.3) is 0 Å². The van der Waals surface area contributed by atoms with E-state index in [0.717, 1.165) is 16.3 Å². The maximum absolute atomic E-state index is 13.0. The van der Waals surface area contributed by atoms with Crippen LogP contribution in [-0.2, 0) is 26.0 Å². The number of rotatable bonds is 9. The predicted octanol–water partition coefficient (Wildman–Crippen LogP) is 3.07. The van der Waals surface area contributed by atoms with Crippen LogP contribution in [0.2, 0.25) is 0 Å². The molecule has 6 nitrogen and oxygen atoms in total. The van der Waals surface area contributed by atoms with Crippen LogP contribution in [0.3, 0.4) is 0 Å². The number of hydrogen-bond donors (Lipinski definition) is 2. The Labute approximate surface area is 182 Å². The molecule has 0 aliphatic heterocycles. The summed E-state index contributed by atoms with van der Waals surface area (Å²) in [5.74, 6) is -0.855. The van der Waals surface area contributed by atoms with Crippen LogP contribution in [0.4, 0.5) is 0 Å². The fourth-order valence-electron chi connectivity index (χ4n) is 3.34. The molecule has 3 aromatic rings. The molecule has 3 rings (SSSR count). The highest BCUT2D eigenvalue weighted by molar-refractivity contribution is 7.89. The van der Waals surface area contributed by atoms with Crippen molar-refractivity contribution in [1.82, 2.24) is 10.0 Å². The molecule has 7 heteroatoms. The Hall–Kier alpha value is -3.03. The van der Waals surface area contributed by atoms with Gasteiger partial charge in [0.1, 0.15) is 12.3 Å². The summed E-state index contributed by atoms with van der Waals surface area (Å²) >= 11 is 0. The molecule has 2 N–H and O–H groups in total. The van der Waals surface area contributed by atoms with Crippen LogP contribution in [-0.4, -0.2) is 32.7 Å². The van der Waals surface area contributed by atoms with Crippen LogP contribution in [0.5, 0.6) is 0 Å². The molecule has 0 radical (unpaired) electrons. The zero-order valence-electron chi connectivity index (χ0n) is 17.5. The number of hydrogen-bond acceptors (Lipinski definition) is 4. The van der Waals surface area contributed by atoms with Crippen molar-refractivity contribution in [2.75, 3.05) is 0 Å². The number of aldehydes is 1. The molecule has 0 spiro atoms. The Bertz CT molecular complexity index is 1160. The Kier molecular flexibility index (Phi) is 7.20. The number of carbonyl (C=O) groups is 2. The lowest BCUT2D eigenvalue weighted by atomic mass is 10.0. The largest absolute Gasteiger partial charge is 0.345 e. The van der Waals surface area contributed by atoms with Gasteiger partial charge in [0.2, 0.25) is 15.9 Å². The highest BCUT2D eigenvalue weighted by atomic mass is 32.2. The summed E-state index contributed by atoms with van der Waals surface area (Å²) in [6, 6.07) is 19.8. The molecule has 0 fully saturated rings. The van der Waals surface area contributed by atoms with E-state index in [1.54, 1.807) is 26.0 Å². The molecular formula is C24H26N2O4S. The first-order valence-corrected chi connectivity index (χ1v) is 11.6. The fraction of sp³-hybridized carbons (Fsp3) is 0.250. The van der Waals surface area contributed by atoms with Crippen molar-refractivity contribution in [3.63, 3.8) is 0 Å². The van der Waals surface area contributed by atoms with Crippen LogP contribution >= 0.6 is 0 Å². The van der Waals surface area contributed by atoms with Gasteiger partial charge in [-0.25, -0.2) is 8.42 Å². The maximum atomic E-state index is 13.0. The Morgan fingerprint density at radius 1 is 0.935 bits per heavy atom. The predicted molar refractivity (Wildman–Crippen MR) is 121 cm³/mol. The van der Waals surface area contributed by atoms with Gasteiger partial charge in [-0.15, -0.1) is 0 Å². The second kappa shape index (κ2) is 9.85. The summed E-state index contributed by atoms with van der Waals surface area (Å²) in [6.07, 6.45) is 0.998. The minimum Gasteiger partial charge on any atom is -0.345 e. The van der Waals surface area contributed by atoms with Crippen LogP contribution in [0.1, 0.15) is 19.4 Å². The number of benzene rings is 3. The minimum atomic E-state index is -3.94. The van der Waals surface area contributed by atoms with Gasteiger partial charge in [0.05, 0.1) is 10.9 Å². The first-order chi connectivity index (χ1) is 14.8. The topological polar surface area (TPSA) is 92.3 Å². The van der Waals surface area contributed by atoms with E-state index >= 15 is 0 Å². The molecule has 0 aliphatic rings. The van der Waals surface area contributed by atoms with E-state index in [1.165, 1.54) is 6.07 Å². The molecule has 0 saturated carbocycles. The van der Waals surface area contributed by atoms with Gasteiger partial charge < -0.3 is 10.1 Å². The van der Waals surface area contributed by atoms with Crippen molar-refractivity contribution in [2.45, 2.75) is 37.2 Å². The van der Waals surface area contributed by atoms with Gasteiger partial charge in [0.15, 0.2) is 0 Å². The van der Waals surface area contributed by atoms with Gasteiger partial charge in [-0.2, -0.15) is 4.72 Å². The maximum Gasteiger partial charge on any atom is 0.241 e. The van der Waals surface area contributed by atoms with Crippen LogP contribution < -0.4 is 10.0 Å². The first kappa shape index (κ1) is 22.7. The zero-order chi connectivity index (χ0) is 22.4. The summed E-state index contributed by atoms with van der Waals surface area (Å²) < 4.78 is 28.5. The number of nitrogens with one attached hydrogen (secondary N) is 2. The summed E-state index contributed by atoms with van der Waals surface area (Å²) in [5, 5.41) is 4.38. The molecule has 0 unspecified atom stereocenters. The fourth-order valence-corrected chi connectivity index (χ4v) is 4.71. The molecule has 31 heavy (non-hydrogen) atoms. The average molecular weight is 439 g/mol. The molecule has 162 valence electrons.